The molecule has 4 aromatic carbocycles. The molecule has 0 spiro atoms. The Kier molecular flexibility index (Phi) is 34.5. The van der Waals surface area contributed by atoms with E-state index >= 15 is 0 Å². The molecule has 446 valence electrons. The summed E-state index contributed by atoms with van der Waals surface area (Å²) in [4.78, 5) is 27.4. The summed E-state index contributed by atoms with van der Waals surface area (Å²) in [5, 5.41) is 30.1. The number of benzene rings is 4. The first-order chi connectivity index (χ1) is 38.7. The van der Waals surface area contributed by atoms with Crippen LogP contribution >= 0.6 is 11.6 Å². The Morgan fingerprint density at radius 2 is 0.557 bits per heavy atom. The summed E-state index contributed by atoms with van der Waals surface area (Å²) in [6.45, 7) is 15.0. The molecule has 12 nitrogen and oxygen atoms in total. The minimum absolute atomic E-state index is 0.00667. The summed E-state index contributed by atoms with van der Waals surface area (Å²) in [5.74, 6) is 1.12. The van der Waals surface area contributed by atoms with Gasteiger partial charge in [0.15, 0.2) is 23.0 Å². The number of nitro benzene ring substituents is 2. The van der Waals surface area contributed by atoms with Crippen molar-refractivity contribution in [2.45, 2.75) is 273 Å². The van der Waals surface area contributed by atoms with E-state index in [1.807, 2.05) is 12.1 Å². The Morgan fingerprint density at radius 1 is 0.316 bits per heavy atom. The van der Waals surface area contributed by atoms with Gasteiger partial charge in [0, 0.05) is 16.2 Å². The SMILES string of the molecule is CCCCCCCCOc1cc2c3cc(OCCCCCCCC)c(OCCCCCCCC)c(Cl)c3c3c([N+](=O)[O-])c(OCCCCCCCC)c(OCCCCCCCC)cc3c2c([N+](=O)[O-])c1OCCCCCCCC. The minimum atomic E-state index is -0.433. The Labute approximate surface area is 481 Å². The van der Waals surface area contributed by atoms with Crippen molar-refractivity contribution in [2.75, 3.05) is 39.6 Å². The fraction of sp³-hybridized carbons (Fsp3) is 0.727. The third-order valence-electron chi connectivity index (χ3n) is 15.3. The van der Waals surface area contributed by atoms with Crippen LogP contribution in [0.1, 0.15) is 273 Å². The molecule has 0 bridgehead atoms. The molecule has 0 aliphatic carbocycles. The molecule has 0 saturated heterocycles. The molecule has 13 heteroatoms. The van der Waals surface area contributed by atoms with E-state index in [1.165, 1.54) is 19.3 Å². The van der Waals surface area contributed by atoms with Crippen molar-refractivity contribution in [3.05, 3.63) is 43.5 Å². The van der Waals surface area contributed by atoms with Crippen LogP contribution in [0, 0.1) is 20.2 Å². The van der Waals surface area contributed by atoms with Gasteiger partial charge < -0.3 is 28.4 Å². The van der Waals surface area contributed by atoms with Crippen molar-refractivity contribution in [2.24, 2.45) is 0 Å². The van der Waals surface area contributed by atoms with Crippen molar-refractivity contribution in [3.8, 4) is 34.5 Å². The summed E-state index contributed by atoms with van der Waals surface area (Å²) in [5.41, 5.74) is -0.676. The molecule has 0 unspecified atom stereocenters. The highest BCUT2D eigenvalue weighted by Gasteiger charge is 2.36. The molecule has 4 aromatic rings. The van der Waals surface area contributed by atoms with Crippen LogP contribution in [0.4, 0.5) is 11.4 Å². The van der Waals surface area contributed by atoms with Crippen molar-refractivity contribution in [1.29, 1.82) is 0 Å². The van der Waals surface area contributed by atoms with Crippen LogP contribution in [-0.4, -0.2) is 49.5 Å². The van der Waals surface area contributed by atoms with Crippen molar-refractivity contribution < 1.29 is 38.3 Å². The number of fused-ring (bicyclic) bond motifs is 6. The summed E-state index contributed by atoms with van der Waals surface area (Å²) in [6, 6.07) is 5.38. The Bertz CT molecular complexity index is 2360. The topological polar surface area (TPSA) is 142 Å². The summed E-state index contributed by atoms with van der Waals surface area (Å²) >= 11 is 7.78. The molecule has 0 atom stereocenters. The molecule has 0 aliphatic rings. The zero-order chi connectivity index (χ0) is 56.9. The number of nitro groups is 2. The largest absolute Gasteiger partial charge is 0.490 e. The van der Waals surface area contributed by atoms with E-state index < -0.39 is 9.85 Å². The van der Waals surface area contributed by atoms with Gasteiger partial charge in [-0.3, -0.25) is 20.2 Å². The molecular weight excluding hydrogens is 1020 g/mol. The third kappa shape index (κ3) is 22.4. The van der Waals surface area contributed by atoms with Crippen LogP contribution < -0.4 is 28.4 Å². The average Bonchev–Trinajstić information content (AvgIpc) is 3.63. The molecule has 0 fully saturated rings. The second-order valence-electron chi connectivity index (χ2n) is 22.1. The number of rotatable bonds is 50. The standard InChI is InChI=1S/C66H105ClN2O10/c1-7-13-19-25-31-37-43-74-55-50-53-52-49-56(75-44-38-32-26-20-14-8-2)65(78-47-41-35-29-23-17-11-5)62(68(70)71)58(52)54-51-57(76-45-39-33-27-21-15-9-3)66(79-48-42-36-30-24-18-12-6)63(69(72)73)60(54)59(53)61(67)64(55)77-46-40-34-28-22-16-10-4/h49-51H,7-48H2,1-6H3. The van der Waals surface area contributed by atoms with Crippen LogP contribution in [0.2, 0.25) is 5.02 Å². The minimum Gasteiger partial charge on any atom is -0.490 e. The molecule has 0 heterocycles. The van der Waals surface area contributed by atoms with Crippen LogP contribution in [0.25, 0.3) is 32.3 Å². The van der Waals surface area contributed by atoms with Crippen molar-refractivity contribution in [3.63, 3.8) is 0 Å². The second kappa shape index (κ2) is 40.7. The first-order valence-corrected chi connectivity index (χ1v) is 32.4. The quantitative estimate of drug-likeness (QED) is 0.0182. The number of unbranched alkanes of at least 4 members (excludes halogenated alkanes) is 30. The van der Waals surface area contributed by atoms with Crippen LogP contribution in [-0.2, 0) is 0 Å². The van der Waals surface area contributed by atoms with Gasteiger partial charge in [0.1, 0.15) is 0 Å². The number of hydrogen-bond acceptors (Lipinski definition) is 10. The highest BCUT2D eigenvalue weighted by molar-refractivity contribution is 6.43. The van der Waals surface area contributed by atoms with Gasteiger partial charge in [0.05, 0.1) is 65.3 Å². The van der Waals surface area contributed by atoms with E-state index in [2.05, 4.69) is 41.5 Å². The molecule has 0 aromatic heterocycles. The summed E-state index contributed by atoms with van der Waals surface area (Å²) < 4.78 is 39.8. The first kappa shape index (κ1) is 67.1. The molecule has 0 radical (unpaired) electrons. The normalized spacial score (nSPS) is 11.5. The summed E-state index contributed by atoms with van der Waals surface area (Å²) in [7, 11) is 0. The maximum absolute atomic E-state index is 14.1. The van der Waals surface area contributed by atoms with Gasteiger partial charge in [-0.25, -0.2) is 0 Å². The Balaban J connectivity index is 2.13. The maximum atomic E-state index is 14.1. The number of ether oxygens (including phenoxy) is 6. The molecular formula is C66H105ClN2O10. The van der Waals surface area contributed by atoms with E-state index in [0.29, 0.717) is 60.3 Å². The molecule has 4 rings (SSSR count). The van der Waals surface area contributed by atoms with Gasteiger partial charge in [0.2, 0.25) is 11.5 Å². The van der Waals surface area contributed by atoms with Gasteiger partial charge in [0.25, 0.3) is 0 Å². The lowest BCUT2D eigenvalue weighted by atomic mass is 9.90. The van der Waals surface area contributed by atoms with Crippen LogP contribution in [0.15, 0.2) is 18.2 Å². The van der Waals surface area contributed by atoms with Crippen molar-refractivity contribution >= 4 is 55.3 Å². The highest BCUT2D eigenvalue weighted by Crippen LogP contribution is 2.57. The fourth-order valence-electron chi connectivity index (χ4n) is 10.7. The number of hydrogen-bond donors (Lipinski definition) is 0. The monoisotopic (exact) mass is 1120 g/mol. The number of halogens is 1. The van der Waals surface area contributed by atoms with Crippen molar-refractivity contribution in [1.82, 2.24) is 0 Å². The van der Waals surface area contributed by atoms with Gasteiger partial charge >= 0.3 is 11.4 Å². The predicted octanol–water partition coefficient (Wildman–Crippen LogP) is 22.1. The molecule has 0 N–H and O–H groups in total. The van der Waals surface area contributed by atoms with E-state index in [4.69, 9.17) is 40.0 Å². The predicted molar refractivity (Wildman–Crippen MR) is 331 cm³/mol. The smallest absolute Gasteiger partial charge is 0.323 e. The lowest BCUT2D eigenvalue weighted by Crippen LogP contribution is -2.08. The Hall–Kier alpha value is -4.45. The maximum Gasteiger partial charge on any atom is 0.323 e. The van der Waals surface area contributed by atoms with Crippen LogP contribution in [0.3, 0.4) is 0 Å². The van der Waals surface area contributed by atoms with Gasteiger partial charge in [-0.15, -0.1) is 0 Å². The van der Waals surface area contributed by atoms with E-state index in [0.717, 1.165) is 199 Å². The number of nitrogens with zero attached hydrogens (tertiary/aromatic N) is 2. The van der Waals surface area contributed by atoms with E-state index in [9.17, 15) is 20.2 Å². The Morgan fingerprint density at radius 3 is 0.873 bits per heavy atom. The zero-order valence-electron chi connectivity index (χ0n) is 50.3. The highest BCUT2D eigenvalue weighted by atomic mass is 35.5. The van der Waals surface area contributed by atoms with Gasteiger partial charge in [-0.1, -0.05) is 246 Å². The third-order valence-corrected chi connectivity index (χ3v) is 15.7. The van der Waals surface area contributed by atoms with Gasteiger partial charge in [-0.05, 0) is 62.1 Å². The van der Waals surface area contributed by atoms with E-state index in [1.54, 1.807) is 6.07 Å². The van der Waals surface area contributed by atoms with E-state index in [-0.39, 0.29) is 75.4 Å². The zero-order valence-corrected chi connectivity index (χ0v) is 51.0. The second-order valence-corrected chi connectivity index (χ2v) is 22.5. The fourth-order valence-corrected chi connectivity index (χ4v) is 11.0. The molecule has 0 aliphatic heterocycles. The molecule has 79 heavy (non-hydrogen) atoms. The molecule has 0 amide bonds. The van der Waals surface area contributed by atoms with Crippen LogP contribution in [0.5, 0.6) is 34.5 Å². The lowest BCUT2D eigenvalue weighted by molar-refractivity contribution is -0.384. The molecule has 0 saturated carbocycles. The first-order valence-electron chi connectivity index (χ1n) is 32.0. The summed E-state index contributed by atoms with van der Waals surface area (Å²) in [6.07, 6.45) is 37.2. The van der Waals surface area contributed by atoms with Gasteiger partial charge in [-0.2, -0.15) is 0 Å². The average molecular weight is 1120 g/mol. The lowest BCUT2D eigenvalue weighted by Gasteiger charge is -2.22.